The van der Waals surface area contributed by atoms with Crippen LogP contribution in [0.2, 0.25) is 0 Å². The van der Waals surface area contributed by atoms with Crippen LogP contribution in [-0.2, 0) is 0 Å². The summed E-state index contributed by atoms with van der Waals surface area (Å²) in [5.41, 5.74) is 0. The average Bonchev–Trinajstić information content (AvgIpc) is 2.55. The fourth-order valence-corrected chi connectivity index (χ4v) is 3.39. The molecule has 0 aliphatic carbocycles. The van der Waals surface area contributed by atoms with E-state index >= 15 is 0 Å². The van der Waals surface area contributed by atoms with Gasteiger partial charge >= 0.3 is 0 Å². The fraction of sp³-hybridized carbons (Fsp3) is 0.500. The molecular formula is C16H21BrN4OS. The highest BCUT2D eigenvalue weighted by Crippen LogP contribution is 2.18. The summed E-state index contributed by atoms with van der Waals surface area (Å²) in [6.07, 6.45) is 3.97. The molecular weight excluding hydrogens is 376 g/mol. The molecule has 0 saturated carbocycles. The van der Waals surface area contributed by atoms with Crippen LogP contribution in [0.4, 0.5) is 0 Å². The summed E-state index contributed by atoms with van der Waals surface area (Å²) < 4.78 is 7.01. The monoisotopic (exact) mass is 396 g/mol. The van der Waals surface area contributed by atoms with Crippen molar-refractivity contribution in [3.05, 3.63) is 28.7 Å². The van der Waals surface area contributed by atoms with Crippen molar-refractivity contribution in [2.75, 3.05) is 39.0 Å². The Kier molecular flexibility index (Phi) is 7.21. The van der Waals surface area contributed by atoms with E-state index < -0.39 is 0 Å². The van der Waals surface area contributed by atoms with E-state index in [1.54, 1.807) is 0 Å². The van der Waals surface area contributed by atoms with Crippen molar-refractivity contribution in [1.82, 2.24) is 9.80 Å². The highest BCUT2D eigenvalue weighted by molar-refractivity contribution is 9.10. The van der Waals surface area contributed by atoms with E-state index in [4.69, 9.17) is 10.00 Å². The van der Waals surface area contributed by atoms with Crippen molar-refractivity contribution in [2.24, 2.45) is 4.99 Å². The zero-order chi connectivity index (χ0) is 16.7. The number of thioether (sulfide) groups is 1. The average molecular weight is 397 g/mol. The Morgan fingerprint density at radius 3 is 2.57 bits per heavy atom. The van der Waals surface area contributed by atoms with Crippen LogP contribution >= 0.6 is 27.7 Å². The topological polar surface area (TPSA) is 51.9 Å². The van der Waals surface area contributed by atoms with Crippen LogP contribution < -0.4 is 4.74 Å². The Morgan fingerprint density at radius 1 is 1.35 bits per heavy atom. The van der Waals surface area contributed by atoms with Gasteiger partial charge < -0.3 is 9.64 Å². The van der Waals surface area contributed by atoms with Gasteiger partial charge in [-0.2, -0.15) is 5.26 Å². The zero-order valence-electron chi connectivity index (χ0n) is 13.4. The summed E-state index contributed by atoms with van der Waals surface area (Å²) >= 11 is 4.95. The molecule has 1 aromatic rings. The summed E-state index contributed by atoms with van der Waals surface area (Å²) in [4.78, 5) is 8.44. The molecule has 1 unspecified atom stereocenters. The molecule has 0 spiro atoms. The Bertz CT molecular complexity index is 564. The van der Waals surface area contributed by atoms with Gasteiger partial charge in [-0.05, 0) is 37.4 Å². The third-order valence-electron chi connectivity index (χ3n) is 3.64. The van der Waals surface area contributed by atoms with Gasteiger partial charge in [-0.3, -0.25) is 4.90 Å². The molecule has 1 aliphatic heterocycles. The molecule has 124 valence electrons. The van der Waals surface area contributed by atoms with Crippen molar-refractivity contribution in [3.8, 4) is 11.9 Å². The van der Waals surface area contributed by atoms with Gasteiger partial charge in [0.05, 0.1) is 0 Å². The van der Waals surface area contributed by atoms with Crippen LogP contribution in [0.15, 0.2) is 33.7 Å². The smallest absolute Gasteiger partial charge is 0.208 e. The summed E-state index contributed by atoms with van der Waals surface area (Å²) in [6.45, 7) is 6.70. The van der Waals surface area contributed by atoms with E-state index in [0.29, 0.717) is 0 Å². The fourth-order valence-electron chi connectivity index (χ4n) is 2.56. The molecule has 0 N–H and O–H groups in total. The number of amidine groups is 1. The number of ether oxygens (including phenoxy) is 1. The SMILES string of the molecule is CSC(=NC#N)N1CCN(CC(C)Oc2ccc(Br)cc2)CC1. The molecule has 0 bridgehead atoms. The van der Waals surface area contributed by atoms with Crippen molar-refractivity contribution in [2.45, 2.75) is 13.0 Å². The molecule has 1 aliphatic rings. The number of hydrogen-bond acceptors (Lipinski definition) is 5. The maximum Gasteiger partial charge on any atom is 0.208 e. The van der Waals surface area contributed by atoms with Crippen molar-refractivity contribution in [3.63, 3.8) is 0 Å². The summed E-state index contributed by atoms with van der Waals surface area (Å²) in [7, 11) is 0. The van der Waals surface area contributed by atoms with E-state index in [-0.39, 0.29) is 6.10 Å². The maximum atomic E-state index is 8.72. The zero-order valence-corrected chi connectivity index (χ0v) is 15.8. The summed E-state index contributed by atoms with van der Waals surface area (Å²) in [5, 5.41) is 9.53. The molecule has 23 heavy (non-hydrogen) atoms. The molecule has 5 nitrogen and oxygen atoms in total. The minimum absolute atomic E-state index is 0.135. The van der Waals surface area contributed by atoms with Gasteiger partial charge in [0, 0.05) is 37.2 Å². The molecule has 0 amide bonds. The normalized spacial score (nSPS) is 17.7. The van der Waals surface area contributed by atoms with E-state index in [9.17, 15) is 0 Å². The van der Waals surface area contributed by atoms with Crippen molar-refractivity contribution < 1.29 is 4.74 Å². The number of hydrogen-bond donors (Lipinski definition) is 0. The van der Waals surface area contributed by atoms with Gasteiger partial charge in [-0.1, -0.05) is 27.7 Å². The minimum Gasteiger partial charge on any atom is -0.489 e. The van der Waals surface area contributed by atoms with E-state index in [1.807, 2.05) is 36.7 Å². The predicted octanol–water partition coefficient (Wildman–Crippen LogP) is 3.03. The molecule has 0 aromatic heterocycles. The van der Waals surface area contributed by atoms with E-state index in [1.165, 1.54) is 11.8 Å². The van der Waals surface area contributed by atoms with Gasteiger partial charge in [0.1, 0.15) is 11.9 Å². The molecule has 1 aromatic carbocycles. The molecule has 1 heterocycles. The molecule has 1 saturated heterocycles. The quantitative estimate of drug-likeness (QED) is 0.444. The summed E-state index contributed by atoms with van der Waals surface area (Å²) in [5.74, 6) is 0.894. The first-order chi connectivity index (χ1) is 11.1. The lowest BCUT2D eigenvalue weighted by Crippen LogP contribution is -2.50. The Morgan fingerprint density at radius 2 is 2.00 bits per heavy atom. The lowest BCUT2D eigenvalue weighted by molar-refractivity contribution is 0.115. The second kappa shape index (κ2) is 9.16. The van der Waals surface area contributed by atoms with Crippen molar-refractivity contribution in [1.29, 1.82) is 5.26 Å². The number of nitrogens with zero attached hydrogens (tertiary/aromatic N) is 4. The lowest BCUT2D eigenvalue weighted by Gasteiger charge is -2.36. The number of benzene rings is 1. The van der Waals surface area contributed by atoms with Gasteiger partial charge in [0.15, 0.2) is 5.17 Å². The number of piperazine rings is 1. The van der Waals surface area contributed by atoms with Gasteiger partial charge in [0.25, 0.3) is 0 Å². The highest BCUT2D eigenvalue weighted by Gasteiger charge is 2.21. The second-order valence-corrected chi connectivity index (χ2v) is 7.06. The van der Waals surface area contributed by atoms with Crippen LogP contribution in [0.25, 0.3) is 0 Å². The molecule has 1 atom stereocenters. The largest absolute Gasteiger partial charge is 0.489 e. The van der Waals surface area contributed by atoms with Crippen LogP contribution in [0.3, 0.4) is 0 Å². The first-order valence-corrected chi connectivity index (χ1v) is 9.54. The lowest BCUT2D eigenvalue weighted by atomic mass is 10.3. The number of nitriles is 1. The highest BCUT2D eigenvalue weighted by atomic mass is 79.9. The Balaban J connectivity index is 1.78. The first-order valence-electron chi connectivity index (χ1n) is 7.52. The second-order valence-electron chi connectivity index (χ2n) is 5.37. The van der Waals surface area contributed by atoms with Gasteiger partial charge in [0.2, 0.25) is 6.19 Å². The first kappa shape index (κ1) is 18.1. The predicted molar refractivity (Wildman–Crippen MR) is 98.8 cm³/mol. The van der Waals surface area contributed by atoms with Crippen LogP contribution in [0.5, 0.6) is 5.75 Å². The number of rotatable bonds is 4. The standard InChI is InChI=1S/C16H21BrN4OS/c1-13(22-15-5-3-14(17)4-6-15)11-20-7-9-21(10-8-20)16(23-2)19-12-18/h3-6,13H,7-11H2,1-2H3. The molecule has 7 heteroatoms. The maximum absolute atomic E-state index is 8.72. The van der Waals surface area contributed by atoms with E-state index in [2.05, 4.69) is 37.6 Å². The molecule has 0 radical (unpaired) electrons. The Hall–Kier alpha value is -1.23. The third-order valence-corrected chi connectivity index (χ3v) is 4.88. The van der Waals surface area contributed by atoms with Gasteiger partial charge in [-0.15, -0.1) is 4.99 Å². The molecule has 2 rings (SSSR count). The number of halogens is 1. The number of aliphatic imine (C=N–C) groups is 1. The summed E-state index contributed by atoms with van der Waals surface area (Å²) in [6, 6.07) is 7.92. The van der Waals surface area contributed by atoms with Crippen LogP contribution in [0, 0.1) is 11.5 Å². The van der Waals surface area contributed by atoms with Crippen molar-refractivity contribution >= 4 is 32.9 Å². The third kappa shape index (κ3) is 5.72. The molecule has 1 fully saturated rings. The van der Waals surface area contributed by atoms with Crippen LogP contribution in [-0.4, -0.2) is 60.1 Å². The van der Waals surface area contributed by atoms with Crippen LogP contribution in [0.1, 0.15) is 6.92 Å². The Labute approximate surface area is 150 Å². The van der Waals surface area contributed by atoms with Gasteiger partial charge in [-0.25, -0.2) is 0 Å². The van der Waals surface area contributed by atoms with E-state index in [0.717, 1.165) is 48.1 Å². The minimum atomic E-state index is 0.135.